The summed E-state index contributed by atoms with van der Waals surface area (Å²) >= 11 is 0. The molecule has 19 heavy (non-hydrogen) atoms. The van der Waals surface area contributed by atoms with Crippen molar-refractivity contribution in [3.8, 4) is 0 Å². The quantitative estimate of drug-likeness (QED) is 0.821. The molecule has 1 aromatic rings. The zero-order valence-corrected chi connectivity index (χ0v) is 12.2. The number of aromatic nitrogens is 2. The topological polar surface area (TPSA) is 44.1 Å². The van der Waals surface area contributed by atoms with Crippen molar-refractivity contribution in [3.63, 3.8) is 0 Å². The molecule has 106 valence electrons. The molecule has 1 aliphatic carbocycles. The van der Waals surface area contributed by atoms with Gasteiger partial charge in [0.15, 0.2) is 5.78 Å². The van der Waals surface area contributed by atoms with Gasteiger partial charge in [-0.25, -0.2) is 0 Å². The summed E-state index contributed by atoms with van der Waals surface area (Å²) in [5, 5.41) is 4.30. The first-order chi connectivity index (χ1) is 9.05. The van der Waals surface area contributed by atoms with Crippen LogP contribution in [0.3, 0.4) is 0 Å². The average molecular weight is 264 g/mol. The van der Waals surface area contributed by atoms with Gasteiger partial charge in [-0.3, -0.25) is 9.48 Å². The maximum Gasteiger partial charge on any atom is 0.170 e. The fourth-order valence-corrected chi connectivity index (χ4v) is 3.13. The lowest BCUT2D eigenvalue weighted by Crippen LogP contribution is -2.46. The molecule has 1 aliphatic rings. The molecule has 2 unspecified atom stereocenters. The summed E-state index contributed by atoms with van der Waals surface area (Å²) in [5.74, 6) is 0.757. The zero-order chi connectivity index (χ0) is 13.9. The van der Waals surface area contributed by atoms with Crippen LogP contribution in [0.4, 0.5) is 0 Å². The predicted octanol–water partition coefficient (Wildman–Crippen LogP) is 2.52. The third-order valence-corrected chi connectivity index (χ3v) is 4.00. The van der Waals surface area contributed by atoms with Crippen LogP contribution < -0.4 is 0 Å². The van der Waals surface area contributed by atoms with Crippen LogP contribution in [-0.2, 0) is 23.0 Å². The molecule has 0 spiro atoms. The molecule has 0 amide bonds. The zero-order valence-electron chi connectivity index (χ0n) is 12.2. The van der Waals surface area contributed by atoms with Crippen molar-refractivity contribution >= 4 is 5.78 Å². The van der Waals surface area contributed by atoms with Crippen molar-refractivity contribution in [3.05, 3.63) is 18.0 Å². The van der Waals surface area contributed by atoms with Gasteiger partial charge in [0, 0.05) is 19.9 Å². The fraction of sp³-hybridized carbons (Fsp3) is 0.733. The van der Waals surface area contributed by atoms with Crippen LogP contribution in [0.5, 0.6) is 0 Å². The summed E-state index contributed by atoms with van der Waals surface area (Å²) in [7, 11) is 1.87. The molecule has 0 aromatic carbocycles. The van der Waals surface area contributed by atoms with E-state index in [1.54, 1.807) is 4.68 Å². The molecule has 0 radical (unpaired) electrons. The van der Waals surface area contributed by atoms with Gasteiger partial charge in [0.25, 0.3) is 0 Å². The summed E-state index contributed by atoms with van der Waals surface area (Å²) in [6.45, 7) is 4.77. The average Bonchev–Trinajstić information content (AvgIpc) is 2.75. The van der Waals surface area contributed by atoms with E-state index in [1.807, 2.05) is 26.2 Å². The normalized spacial score (nSPS) is 27.4. The molecule has 1 saturated carbocycles. The fourth-order valence-electron chi connectivity index (χ4n) is 3.13. The van der Waals surface area contributed by atoms with E-state index in [4.69, 9.17) is 4.74 Å². The molecule has 0 aliphatic heterocycles. The van der Waals surface area contributed by atoms with Gasteiger partial charge in [0.2, 0.25) is 0 Å². The van der Waals surface area contributed by atoms with Crippen LogP contribution in [0, 0.1) is 5.92 Å². The molecule has 0 saturated heterocycles. The van der Waals surface area contributed by atoms with E-state index in [9.17, 15) is 4.79 Å². The number of hydrogen-bond acceptors (Lipinski definition) is 3. The van der Waals surface area contributed by atoms with Crippen molar-refractivity contribution in [2.45, 2.75) is 51.6 Å². The molecule has 2 atom stereocenters. The number of ketones is 1. The minimum atomic E-state index is -0.566. The van der Waals surface area contributed by atoms with E-state index in [0.717, 1.165) is 25.0 Å². The van der Waals surface area contributed by atoms with Gasteiger partial charge < -0.3 is 4.74 Å². The molecule has 0 bridgehead atoms. The Hall–Kier alpha value is -1.16. The summed E-state index contributed by atoms with van der Waals surface area (Å²) in [6, 6.07) is 1.91. The summed E-state index contributed by atoms with van der Waals surface area (Å²) < 4.78 is 7.63. The van der Waals surface area contributed by atoms with E-state index in [-0.39, 0.29) is 5.78 Å². The number of ether oxygens (including phenoxy) is 1. The van der Waals surface area contributed by atoms with E-state index in [1.165, 1.54) is 6.42 Å². The van der Waals surface area contributed by atoms with Crippen LogP contribution >= 0.6 is 0 Å². The lowest BCUT2D eigenvalue weighted by molar-refractivity contribution is -0.150. The highest BCUT2D eigenvalue weighted by Gasteiger charge is 2.42. The Morgan fingerprint density at radius 1 is 1.63 bits per heavy atom. The standard InChI is InChI=1S/C15H24N2O2/c1-4-19-15(8-5-6-12(2)11-15)14(18)10-13-7-9-17(3)16-13/h7,9,12H,4-6,8,10-11H2,1-3H3. The highest BCUT2D eigenvalue weighted by Crippen LogP contribution is 2.36. The predicted molar refractivity (Wildman–Crippen MR) is 73.9 cm³/mol. The molecule has 4 heteroatoms. The van der Waals surface area contributed by atoms with Crippen molar-refractivity contribution in [1.82, 2.24) is 9.78 Å². The van der Waals surface area contributed by atoms with Crippen molar-refractivity contribution < 1.29 is 9.53 Å². The smallest absolute Gasteiger partial charge is 0.170 e. The van der Waals surface area contributed by atoms with Crippen molar-refractivity contribution in [2.75, 3.05) is 6.61 Å². The van der Waals surface area contributed by atoms with Crippen molar-refractivity contribution in [2.24, 2.45) is 13.0 Å². The highest BCUT2D eigenvalue weighted by atomic mass is 16.5. The Morgan fingerprint density at radius 2 is 2.42 bits per heavy atom. The highest BCUT2D eigenvalue weighted by molar-refractivity contribution is 5.89. The minimum Gasteiger partial charge on any atom is -0.367 e. The number of aryl methyl sites for hydroxylation is 1. The second-order valence-electron chi connectivity index (χ2n) is 5.71. The van der Waals surface area contributed by atoms with Crippen LogP contribution in [0.1, 0.15) is 45.2 Å². The van der Waals surface area contributed by atoms with Gasteiger partial charge in [-0.1, -0.05) is 13.3 Å². The SMILES string of the molecule is CCOC1(C(=O)Cc2ccn(C)n2)CCCC(C)C1. The number of carbonyl (C=O) groups excluding carboxylic acids is 1. The molecule has 4 nitrogen and oxygen atoms in total. The first-order valence-corrected chi connectivity index (χ1v) is 7.21. The van der Waals surface area contributed by atoms with E-state index >= 15 is 0 Å². The first-order valence-electron chi connectivity index (χ1n) is 7.21. The maximum absolute atomic E-state index is 12.7. The van der Waals surface area contributed by atoms with Crippen molar-refractivity contribution in [1.29, 1.82) is 0 Å². The summed E-state index contributed by atoms with van der Waals surface area (Å²) in [5.41, 5.74) is 0.272. The van der Waals surface area contributed by atoms with Gasteiger partial charge >= 0.3 is 0 Å². The second kappa shape index (κ2) is 5.87. The molecule has 2 rings (SSSR count). The molecule has 1 heterocycles. The molecular formula is C15H24N2O2. The molecular weight excluding hydrogens is 240 g/mol. The first kappa shape index (κ1) is 14.3. The van der Waals surface area contributed by atoms with Crippen LogP contribution in [-0.4, -0.2) is 27.8 Å². The summed E-state index contributed by atoms with van der Waals surface area (Å²) in [6.07, 6.45) is 6.25. The monoisotopic (exact) mass is 264 g/mol. The van der Waals surface area contributed by atoms with Crippen LogP contribution in [0.2, 0.25) is 0 Å². The second-order valence-corrected chi connectivity index (χ2v) is 5.71. The number of rotatable bonds is 5. The van der Waals surface area contributed by atoms with Crippen LogP contribution in [0.15, 0.2) is 12.3 Å². The third-order valence-electron chi connectivity index (χ3n) is 4.00. The number of carbonyl (C=O) groups is 1. The van der Waals surface area contributed by atoms with Crippen LogP contribution in [0.25, 0.3) is 0 Å². The molecule has 1 aromatic heterocycles. The van der Waals surface area contributed by atoms with Gasteiger partial charge in [0.1, 0.15) is 5.60 Å². The Labute approximate surface area is 115 Å². The van der Waals surface area contributed by atoms with Gasteiger partial charge in [-0.2, -0.15) is 5.10 Å². The number of hydrogen-bond donors (Lipinski definition) is 0. The van der Waals surface area contributed by atoms with Gasteiger partial charge in [0.05, 0.1) is 12.1 Å². The Kier molecular flexibility index (Phi) is 4.40. The van der Waals surface area contributed by atoms with E-state index < -0.39 is 5.60 Å². The maximum atomic E-state index is 12.7. The lowest BCUT2D eigenvalue weighted by atomic mass is 9.75. The van der Waals surface area contributed by atoms with E-state index in [2.05, 4.69) is 12.0 Å². The Bertz CT molecular complexity index is 437. The Morgan fingerprint density at radius 3 is 3.00 bits per heavy atom. The largest absolute Gasteiger partial charge is 0.367 e. The number of Topliss-reactive ketones (excluding diaryl/α,β-unsaturated/α-hetero) is 1. The van der Waals surface area contributed by atoms with E-state index in [0.29, 0.717) is 18.9 Å². The molecule has 0 N–H and O–H groups in total. The minimum absolute atomic E-state index is 0.194. The van der Waals surface area contributed by atoms with Gasteiger partial charge in [-0.15, -0.1) is 0 Å². The lowest BCUT2D eigenvalue weighted by Gasteiger charge is -2.38. The number of nitrogens with zero attached hydrogens (tertiary/aromatic N) is 2. The van der Waals surface area contributed by atoms with Gasteiger partial charge in [-0.05, 0) is 38.2 Å². The third kappa shape index (κ3) is 3.24. The molecule has 1 fully saturated rings. The summed E-state index contributed by atoms with van der Waals surface area (Å²) in [4.78, 5) is 12.7. The Balaban J connectivity index is 2.11.